The van der Waals surface area contributed by atoms with Crippen LogP contribution in [0.5, 0.6) is 0 Å². The Bertz CT molecular complexity index is 804. The number of fused-ring (bicyclic) bond motifs is 1. The van der Waals surface area contributed by atoms with Crippen LogP contribution in [-0.2, 0) is 6.54 Å². The maximum atomic E-state index is 12.7. The third-order valence-corrected chi connectivity index (χ3v) is 3.75. The van der Waals surface area contributed by atoms with Crippen molar-refractivity contribution in [1.82, 2.24) is 9.88 Å². The van der Waals surface area contributed by atoms with Crippen molar-refractivity contribution >= 4 is 16.8 Å². The Morgan fingerprint density at radius 3 is 2.55 bits per heavy atom. The maximum absolute atomic E-state index is 12.7. The van der Waals surface area contributed by atoms with Gasteiger partial charge in [0, 0.05) is 25.2 Å². The Balaban J connectivity index is 1.87. The molecule has 1 aromatic heterocycles. The molecular formula is C19H18N2O. The van der Waals surface area contributed by atoms with Gasteiger partial charge in [0.2, 0.25) is 0 Å². The van der Waals surface area contributed by atoms with E-state index in [1.165, 1.54) is 5.56 Å². The van der Waals surface area contributed by atoms with E-state index in [2.05, 4.69) is 36.2 Å². The molecule has 0 aliphatic carbocycles. The van der Waals surface area contributed by atoms with Crippen molar-refractivity contribution in [3.05, 3.63) is 77.5 Å². The van der Waals surface area contributed by atoms with Crippen molar-refractivity contribution in [2.45, 2.75) is 13.5 Å². The van der Waals surface area contributed by atoms with Crippen molar-refractivity contribution in [3.63, 3.8) is 0 Å². The molecule has 0 unspecified atom stereocenters. The van der Waals surface area contributed by atoms with E-state index in [1.807, 2.05) is 37.4 Å². The van der Waals surface area contributed by atoms with E-state index >= 15 is 0 Å². The lowest BCUT2D eigenvalue weighted by Gasteiger charge is -2.18. The van der Waals surface area contributed by atoms with E-state index in [9.17, 15) is 4.79 Å². The molecule has 22 heavy (non-hydrogen) atoms. The summed E-state index contributed by atoms with van der Waals surface area (Å²) < 4.78 is 0. The van der Waals surface area contributed by atoms with Gasteiger partial charge in [-0.05, 0) is 24.6 Å². The summed E-state index contributed by atoms with van der Waals surface area (Å²) >= 11 is 0. The number of para-hydroxylation sites is 1. The van der Waals surface area contributed by atoms with E-state index < -0.39 is 0 Å². The number of benzene rings is 2. The van der Waals surface area contributed by atoms with Crippen molar-refractivity contribution in [3.8, 4) is 0 Å². The fourth-order valence-electron chi connectivity index (χ4n) is 2.52. The number of rotatable bonds is 3. The highest BCUT2D eigenvalue weighted by atomic mass is 16.2. The average molecular weight is 290 g/mol. The smallest absolute Gasteiger partial charge is 0.256 e. The molecule has 3 rings (SSSR count). The molecule has 0 N–H and O–H groups in total. The minimum Gasteiger partial charge on any atom is -0.337 e. The van der Waals surface area contributed by atoms with Crippen LogP contribution in [0.3, 0.4) is 0 Å². The number of aromatic nitrogens is 1. The van der Waals surface area contributed by atoms with Gasteiger partial charge >= 0.3 is 0 Å². The molecule has 3 nitrogen and oxygen atoms in total. The monoisotopic (exact) mass is 290 g/mol. The number of carbonyl (C=O) groups is 1. The van der Waals surface area contributed by atoms with Crippen LogP contribution in [0.1, 0.15) is 21.5 Å². The second kappa shape index (κ2) is 5.98. The van der Waals surface area contributed by atoms with Gasteiger partial charge in [0.05, 0.1) is 11.1 Å². The summed E-state index contributed by atoms with van der Waals surface area (Å²) in [6.07, 6.45) is 1.72. The number of carbonyl (C=O) groups excluding carboxylic acids is 1. The number of pyridine rings is 1. The van der Waals surface area contributed by atoms with Crippen LogP contribution in [0.15, 0.2) is 60.8 Å². The summed E-state index contributed by atoms with van der Waals surface area (Å²) in [5, 5.41) is 0.983. The van der Waals surface area contributed by atoms with Gasteiger partial charge in [-0.1, -0.05) is 48.0 Å². The largest absolute Gasteiger partial charge is 0.337 e. The first-order valence-corrected chi connectivity index (χ1v) is 7.30. The van der Waals surface area contributed by atoms with Crippen molar-refractivity contribution < 1.29 is 4.79 Å². The second-order valence-electron chi connectivity index (χ2n) is 5.53. The molecule has 0 aliphatic heterocycles. The zero-order valence-electron chi connectivity index (χ0n) is 12.8. The summed E-state index contributed by atoms with van der Waals surface area (Å²) in [6, 6.07) is 17.8. The highest BCUT2D eigenvalue weighted by molar-refractivity contribution is 6.05. The third kappa shape index (κ3) is 2.84. The van der Waals surface area contributed by atoms with Gasteiger partial charge in [0.1, 0.15) is 0 Å². The number of aryl methyl sites for hydroxylation is 1. The Morgan fingerprint density at radius 1 is 1.05 bits per heavy atom. The van der Waals surface area contributed by atoms with Crippen LogP contribution in [0, 0.1) is 6.92 Å². The first-order valence-electron chi connectivity index (χ1n) is 7.30. The number of hydrogen-bond donors (Lipinski definition) is 0. The molecule has 1 amide bonds. The van der Waals surface area contributed by atoms with E-state index in [1.54, 1.807) is 11.1 Å². The summed E-state index contributed by atoms with van der Waals surface area (Å²) in [5.74, 6) is -0.00937. The average Bonchev–Trinajstić information content (AvgIpc) is 2.55. The van der Waals surface area contributed by atoms with Crippen molar-refractivity contribution in [1.29, 1.82) is 0 Å². The fourth-order valence-corrected chi connectivity index (χ4v) is 2.52. The number of nitrogens with zero attached hydrogens (tertiary/aromatic N) is 2. The molecule has 0 bridgehead atoms. The molecular weight excluding hydrogens is 272 g/mol. The highest BCUT2D eigenvalue weighted by Crippen LogP contribution is 2.18. The molecule has 0 saturated carbocycles. The topological polar surface area (TPSA) is 33.2 Å². The van der Waals surface area contributed by atoms with E-state index in [-0.39, 0.29) is 5.91 Å². The van der Waals surface area contributed by atoms with Gasteiger partial charge in [-0.2, -0.15) is 0 Å². The minimum atomic E-state index is -0.00937. The summed E-state index contributed by atoms with van der Waals surface area (Å²) in [6.45, 7) is 2.64. The molecule has 0 radical (unpaired) electrons. The molecule has 110 valence electrons. The van der Waals surface area contributed by atoms with Gasteiger partial charge < -0.3 is 4.90 Å². The van der Waals surface area contributed by atoms with Crippen LogP contribution >= 0.6 is 0 Å². The van der Waals surface area contributed by atoms with E-state index in [0.29, 0.717) is 12.1 Å². The lowest BCUT2D eigenvalue weighted by atomic mass is 10.1. The van der Waals surface area contributed by atoms with Gasteiger partial charge in [-0.3, -0.25) is 9.78 Å². The Hall–Kier alpha value is -2.68. The van der Waals surface area contributed by atoms with Gasteiger partial charge in [0.25, 0.3) is 5.91 Å². The molecule has 0 spiro atoms. The Kier molecular flexibility index (Phi) is 3.88. The molecule has 0 saturated heterocycles. The highest BCUT2D eigenvalue weighted by Gasteiger charge is 2.15. The van der Waals surface area contributed by atoms with Crippen LogP contribution in [0.2, 0.25) is 0 Å². The van der Waals surface area contributed by atoms with Gasteiger partial charge in [-0.15, -0.1) is 0 Å². The van der Waals surface area contributed by atoms with E-state index in [0.717, 1.165) is 16.5 Å². The molecule has 2 aromatic carbocycles. The van der Waals surface area contributed by atoms with Gasteiger partial charge in [-0.25, -0.2) is 0 Å². The summed E-state index contributed by atoms with van der Waals surface area (Å²) in [5.41, 5.74) is 3.74. The van der Waals surface area contributed by atoms with Crippen molar-refractivity contribution in [2.24, 2.45) is 0 Å². The Labute approximate surface area is 130 Å². The predicted octanol–water partition coefficient (Wildman–Crippen LogP) is 3.82. The maximum Gasteiger partial charge on any atom is 0.256 e. The normalized spacial score (nSPS) is 10.6. The standard InChI is InChI=1S/C19H18N2O/c1-14-8-10-15(11-9-14)13-21(2)19(22)17-7-3-5-16-6-4-12-20-18(16)17/h3-12H,13H2,1-2H3. The molecule has 0 fully saturated rings. The minimum absolute atomic E-state index is 0.00937. The third-order valence-electron chi connectivity index (χ3n) is 3.75. The second-order valence-corrected chi connectivity index (χ2v) is 5.53. The SMILES string of the molecule is Cc1ccc(CN(C)C(=O)c2cccc3cccnc23)cc1. The molecule has 3 heteroatoms. The first kappa shape index (κ1) is 14.3. The Morgan fingerprint density at radius 2 is 1.77 bits per heavy atom. The molecule has 0 atom stereocenters. The van der Waals surface area contributed by atoms with Crippen molar-refractivity contribution in [2.75, 3.05) is 7.05 Å². The predicted molar refractivity (Wildman–Crippen MR) is 88.7 cm³/mol. The van der Waals surface area contributed by atoms with Crippen LogP contribution in [0.4, 0.5) is 0 Å². The zero-order chi connectivity index (χ0) is 15.5. The van der Waals surface area contributed by atoms with Crippen LogP contribution in [-0.4, -0.2) is 22.8 Å². The van der Waals surface area contributed by atoms with Crippen LogP contribution < -0.4 is 0 Å². The quantitative estimate of drug-likeness (QED) is 0.735. The van der Waals surface area contributed by atoms with Crippen LogP contribution in [0.25, 0.3) is 10.9 Å². The molecule has 1 heterocycles. The summed E-state index contributed by atoms with van der Waals surface area (Å²) in [4.78, 5) is 18.8. The van der Waals surface area contributed by atoms with Gasteiger partial charge in [0.15, 0.2) is 0 Å². The first-order chi connectivity index (χ1) is 10.6. The fraction of sp³-hybridized carbons (Fsp3) is 0.158. The lowest BCUT2D eigenvalue weighted by Crippen LogP contribution is -2.26. The zero-order valence-corrected chi connectivity index (χ0v) is 12.8. The molecule has 0 aliphatic rings. The molecule has 3 aromatic rings. The lowest BCUT2D eigenvalue weighted by molar-refractivity contribution is 0.0787. The summed E-state index contributed by atoms with van der Waals surface area (Å²) in [7, 11) is 1.82. The number of amides is 1. The van der Waals surface area contributed by atoms with E-state index in [4.69, 9.17) is 0 Å². The number of hydrogen-bond acceptors (Lipinski definition) is 2.